The summed E-state index contributed by atoms with van der Waals surface area (Å²) < 4.78 is 0. The molecule has 1 saturated carbocycles. The quantitative estimate of drug-likeness (QED) is 0.490. The van der Waals surface area contributed by atoms with Crippen molar-refractivity contribution in [3.63, 3.8) is 0 Å². The van der Waals surface area contributed by atoms with Crippen LogP contribution < -0.4 is 5.32 Å². The van der Waals surface area contributed by atoms with Crippen molar-refractivity contribution in [3.05, 3.63) is 0 Å². The van der Waals surface area contributed by atoms with Gasteiger partial charge < -0.3 is 5.32 Å². The smallest absolute Gasteiger partial charge is 0.247 e. The van der Waals surface area contributed by atoms with E-state index in [2.05, 4.69) is 10.3 Å². The largest absolute Gasteiger partial charge is 0.302 e. The molecule has 2 aliphatic rings. The zero-order valence-electron chi connectivity index (χ0n) is 12.7. The first-order valence-electron chi connectivity index (χ1n) is 7.68. The minimum atomic E-state index is -0.836. The number of nitrogens with zero attached hydrogens (tertiary/aromatic N) is 2. The summed E-state index contributed by atoms with van der Waals surface area (Å²) in [5.41, 5.74) is 0. The lowest BCUT2D eigenvalue weighted by Gasteiger charge is -2.38. The maximum absolute atomic E-state index is 12.6. The predicted molar refractivity (Wildman–Crippen MR) is 86.1 cm³/mol. The molecule has 0 bridgehead atoms. The highest BCUT2D eigenvalue weighted by molar-refractivity contribution is 7.80. The van der Waals surface area contributed by atoms with Crippen LogP contribution in [0.5, 0.6) is 0 Å². The van der Waals surface area contributed by atoms with Crippen molar-refractivity contribution in [1.82, 2.24) is 10.2 Å². The molecular weight excluding hydrogens is 286 g/mol. The van der Waals surface area contributed by atoms with Gasteiger partial charge in [-0.3, -0.25) is 19.5 Å². The molecule has 2 amide bonds. The number of thiocarbonyl (C=S) groups is 1. The van der Waals surface area contributed by atoms with Gasteiger partial charge in [-0.2, -0.15) is 0 Å². The van der Waals surface area contributed by atoms with E-state index in [1.807, 2.05) is 13.8 Å². The average Bonchev–Trinajstić information content (AvgIpc) is 2.43. The standard InChI is InChI=1S/C15H23N3O2S/c1-10(2)8-16-9-12-13(19)17-15(21)18(14(12)20)11-6-4-3-5-7-11/h9-12H,3-8H2,1-2H3,(H,17,19,21). The van der Waals surface area contributed by atoms with Crippen molar-refractivity contribution in [2.75, 3.05) is 6.54 Å². The molecular formula is C15H23N3O2S. The fourth-order valence-corrected chi connectivity index (χ4v) is 3.14. The van der Waals surface area contributed by atoms with Gasteiger partial charge >= 0.3 is 0 Å². The van der Waals surface area contributed by atoms with Crippen LogP contribution in [0.1, 0.15) is 46.0 Å². The van der Waals surface area contributed by atoms with Crippen molar-refractivity contribution < 1.29 is 9.59 Å². The van der Waals surface area contributed by atoms with Crippen LogP contribution in [0.15, 0.2) is 4.99 Å². The predicted octanol–water partition coefficient (Wildman–Crippen LogP) is 1.91. The molecule has 0 aromatic heterocycles. The molecule has 116 valence electrons. The summed E-state index contributed by atoms with van der Waals surface area (Å²) in [6, 6.07) is 0.125. The van der Waals surface area contributed by atoms with Gasteiger partial charge in [-0.1, -0.05) is 33.1 Å². The monoisotopic (exact) mass is 309 g/mol. The van der Waals surface area contributed by atoms with Crippen LogP contribution in [0.25, 0.3) is 0 Å². The normalized spacial score (nSPS) is 25.0. The summed E-state index contributed by atoms with van der Waals surface area (Å²) >= 11 is 5.20. The lowest BCUT2D eigenvalue weighted by molar-refractivity contribution is -0.139. The van der Waals surface area contributed by atoms with Gasteiger partial charge in [-0.15, -0.1) is 0 Å². The average molecular weight is 309 g/mol. The van der Waals surface area contributed by atoms with E-state index in [9.17, 15) is 9.59 Å². The van der Waals surface area contributed by atoms with E-state index in [1.165, 1.54) is 12.6 Å². The Morgan fingerprint density at radius 3 is 2.62 bits per heavy atom. The molecule has 1 N–H and O–H groups in total. The maximum atomic E-state index is 12.6. The highest BCUT2D eigenvalue weighted by Gasteiger charge is 2.40. The van der Waals surface area contributed by atoms with Gasteiger partial charge in [0.05, 0.1) is 0 Å². The van der Waals surface area contributed by atoms with Crippen LogP contribution in [-0.4, -0.2) is 40.6 Å². The number of amides is 2. The summed E-state index contributed by atoms with van der Waals surface area (Å²) in [6.45, 7) is 4.71. The number of hydrogen-bond donors (Lipinski definition) is 1. The van der Waals surface area contributed by atoms with Gasteiger partial charge in [0.15, 0.2) is 11.0 Å². The molecule has 1 aliphatic carbocycles. The van der Waals surface area contributed by atoms with Crippen LogP contribution in [0, 0.1) is 11.8 Å². The van der Waals surface area contributed by atoms with Crippen LogP contribution in [0.4, 0.5) is 0 Å². The number of carbonyl (C=O) groups is 2. The SMILES string of the molecule is CC(C)CN=CC1C(=O)NC(=S)N(C2CCCCC2)C1=O. The van der Waals surface area contributed by atoms with Crippen LogP contribution in [0.2, 0.25) is 0 Å². The summed E-state index contributed by atoms with van der Waals surface area (Å²) in [4.78, 5) is 30.4. The molecule has 2 rings (SSSR count). The Morgan fingerprint density at radius 2 is 2.00 bits per heavy atom. The molecule has 0 aromatic rings. The van der Waals surface area contributed by atoms with Gasteiger partial charge in [0, 0.05) is 18.8 Å². The van der Waals surface area contributed by atoms with Crippen LogP contribution in [0.3, 0.4) is 0 Å². The number of aliphatic imine (C=N–C) groups is 1. The second-order valence-corrected chi connectivity index (χ2v) is 6.57. The van der Waals surface area contributed by atoms with E-state index in [-0.39, 0.29) is 23.0 Å². The van der Waals surface area contributed by atoms with Crippen LogP contribution >= 0.6 is 12.2 Å². The van der Waals surface area contributed by atoms with Crippen molar-refractivity contribution in [3.8, 4) is 0 Å². The van der Waals surface area contributed by atoms with E-state index in [4.69, 9.17) is 12.2 Å². The Bertz CT molecular complexity index is 456. The van der Waals surface area contributed by atoms with Gasteiger partial charge in [-0.25, -0.2) is 0 Å². The minimum absolute atomic E-state index is 0.125. The second-order valence-electron chi connectivity index (χ2n) is 6.18. The Kier molecular flexibility index (Phi) is 5.45. The van der Waals surface area contributed by atoms with Gasteiger partial charge in [0.2, 0.25) is 11.8 Å². The van der Waals surface area contributed by atoms with E-state index >= 15 is 0 Å². The first-order chi connectivity index (χ1) is 10.0. The van der Waals surface area contributed by atoms with E-state index in [0.29, 0.717) is 12.5 Å². The zero-order valence-corrected chi connectivity index (χ0v) is 13.5. The van der Waals surface area contributed by atoms with Crippen LogP contribution in [-0.2, 0) is 9.59 Å². The van der Waals surface area contributed by atoms with E-state index in [0.717, 1.165) is 25.7 Å². The van der Waals surface area contributed by atoms with Gasteiger partial charge in [-0.05, 0) is 31.0 Å². The van der Waals surface area contributed by atoms with Crippen molar-refractivity contribution in [1.29, 1.82) is 0 Å². The minimum Gasteiger partial charge on any atom is -0.302 e. The molecule has 0 spiro atoms. The lowest BCUT2D eigenvalue weighted by Crippen LogP contribution is -2.61. The highest BCUT2D eigenvalue weighted by atomic mass is 32.1. The molecule has 1 heterocycles. The number of rotatable bonds is 4. The lowest BCUT2D eigenvalue weighted by atomic mass is 9.92. The third-order valence-electron chi connectivity index (χ3n) is 3.90. The molecule has 21 heavy (non-hydrogen) atoms. The molecule has 1 atom stereocenters. The van der Waals surface area contributed by atoms with Crippen molar-refractivity contribution in [2.24, 2.45) is 16.8 Å². The number of hydrogen-bond acceptors (Lipinski definition) is 4. The van der Waals surface area contributed by atoms with E-state index < -0.39 is 5.92 Å². The molecule has 0 aromatic carbocycles. The van der Waals surface area contributed by atoms with Gasteiger partial charge in [0.25, 0.3) is 0 Å². The number of carbonyl (C=O) groups excluding carboxylic acids is 2. The topological polar surface area (TPSA) is 61.8 Å². The molecule has 1 saturated heterocycles. The first-order valence-corrected chi connectivity index (χ1v) is 8.09. The highest BCUT2D eigenvalue weighted by Crippen LogP contribution is 2.25. The molecule has 6 heteroatoms. The fourth-order valence-electron chi connectivity index (χ4n) is 2.80. The fraction of sp³-hybridized carbons (Fsp3) is 0.733. The third-order valence-corrected chi connectivity index (χ3v) is 4.20. The molecule has 2 fully saturated rings. The Hall–Kier alpha value is -1.30. The summed E-state index contributed by atoms with van der Waals surface area (Å²) in [7, 11) is 0. The van der Waals surface area contributed by atoms with E-state index in [1.54, 1.807) is 4.90 Å². The van der Waals surface area contributed by atoms with Gasteiger partial charge in [0.1, 0.15) is 0 Å². The zero-order chi connectivity index (χ0) is 15.4. The molecule has 1 aliphatic heterocycles. The first kappa shape index (κ1) is 16.1. The summed E-state index contributed by atoms with van der Waals surface area (Å²) in [6.07, 6.45) is 6.82. The summed E-state index contributed by atoms with van der Waals surface area (Å²) in [5, 5.41) is 2.91. The molecule has 0 radical (unpaired) electrons. The van der Waals surface area contributed by atoms with Crippen molar-refractivity contribution in [2.45, 2.75) is 52.0 Å². The number of nitrogens with one attached hydrogen (secondary N) is 1. The Labute approximate surface area is 131 Å². The molecule has 1 unspecified atom stereocenters. The maximum Gasteiger partial charge on any atom is 0.247 e. The Morgan fingerprint density at radius 1 is 1.33 bits per heavy atom. The van der Waals surface area contributed by atoms with Crippen molar-refractivity contribution >= 4 is 35.4 Å². The third kappa shape index (κ3) is 3.87. The summed E-state index contributed by atoms with van der Waals surface area (Å²) in [5.74, 6) is -1.01. The Balaban J connectivity index is 2.11. The molecule has 5 nitrogen and oxygen atoms in total. The second kappa shape index (κ2) is 7.11.